The molecule has 160 valence electrons. The average Bonchev–Trinajstić information content (AvgIpc) is 2.64. The standard InChI is InChI=1S/C20H34NO6P/c1-3-5-7-8-9-13-20(22)21-19(16-27-28(23,24)25)17-11-10-12-18(15-17)26-14-6-4-2/h10-12,15,19H,3-9,13-14,16H2,1-2H3,(H,21,22)(H2,23,24,25). The SMILES string of the molecule is CCCCCCCC(=O)NC(COP(=O)(O)O)c1cccc(OCCCC)c1. The van der Waals surface area contributed by atoms with E-state index in [2.05, 4.69) is 23.7 Å². The molecule has 0 radical (unpaired) electrons. The van der Waals surface area contributed by atoms with Gasteiger partial charge in [-0.05, 0) is 30.5 Å². The summed E-state index contributed by atoms with van der Waals surface area (Å²) in [4.78, 5) is 30.3. The summed E-state index contributed by atoms with van der Waals surface area (Å²) in [5, 5.41) is 2.83. The molecule has 0 aliphatic carbocycles. The van der Waals surface area contributed by atoms with Gasteiger partial charge in [-0.1, -0.05) is 58.1 Å². The summed E-state index contributed by atoms with van der Waals surface area (Å²) in [6, 6.07) is 6.49. The molecular weight excluding hydrogens is 381 g/mol. The van der Waals surface area contributed by atoms with E-state index in [9.17, 15) is 9.36 Å². The summed E-state index contributed by atoms with van der Waals surface area (Å²) >= 11 is 0. The first kappa shape index (κ1) is 24.6. The lowest BCUT2D eigenvalue weighted by atomic mass is 10.1. The predicted octanol–water partition coefficient (Wildman–Crippen LogP) is 4.49. The molecule has 0 aliphatic rings. The van der Waals surface area contributed by atoms with Crippen LogP contribution in [-0.4, -0.2) is 28.9 Å². The van der Waals surface area contributed by atoms with Crippen molar-refractivity contribution in [3.05, 3.63) is 29.8 Å². The number of ether oxygens (including phenoxy) is 1. The molecular formula is C20H34NO6P. The summed E-state index contributed by atoms with van der Waals surface area (Å²) in [5.41, 5.74) is 0.682. The van der Waals surface area contributed by atoms with Crippen molar-refractivity contribution in [1.82, 2.24) is 5.32 Å². The van der Waals surface area contributed by atoms with Crippen LogP contribution in [0.25, 0.3) is 0 Å². The van der Waals surface area contributed by atoms with Crippen molar-refractivity contribution < 1.29 is 28.4 Å². The molecule has 0 fully saturated rings. The van der Waals surface area contributed by atoms with Gasteiger partial charge in [0, 0.05) is 6.42 Å². The van der Waals surface area contributed by atoms with Crippen molar-refractivity contribution in [2.24, 2.45) is 0 Å². The maximum absolute atomic E-state index is 12.3. The molecule has 1 rings (SSSR count). The largest absolute Gasteiger partial charge is 0.494 e. The number of nitrogens with one attached hydrogen (secondary N) is 1. The second-order valence-electron chi connectivity index (χ2n) is 6.85. The van der Waals surface area contributed by atoms with Crippen LogP contribution in [0, 0.1) is 0 Å². The molecule has 0 aliphatic heterocycles. The van der Waals surface area contributed by atoms with E-state index < -0.39 is 13.9 Å². The average molecular weight is 415 g/mol. The molecule has 1 unspecified atom stereocenters. The third-order valence-corrected chi connectivity index (χ3v) is 4.76. The molecule has 28 heavy (non-hydrogen) atoms. The Morgan fingerprint density at radius 1 is 1.11 bits per heavy atom. The van der Waals surface area contributed by atoms with Crippen LogP contribution < -0.4 is 10.1 Å². The molecule has 1 aromatic carbocycles. The summed E-state index contributed by atoms with van der Waals surface area (Å²) < 4.78 is 21.4. The van der Waals surface area contributed by atoms with Crippen LogP contribution in [0.2, 0.25) is 0 Å². The number of hydrogen-bond donors (Lipinski definition) is 3. The second kappa shape index (κ2) is 13.7. The molecule has 1 aromatic rings. The molecule has 7 nitrogen and oxygen atoms in total. The van der Waals surface area contributed by atoms with Crippen LogP contribution in [-0.2, 0) is 13.9 Å². The highest BCUT2D eigenvalue weighted by Crippen LogP contribution is 2.37. The van der Waals surface area contributed by atoms with Gasteiger partial charge in [0.15, 0.2) is 0 Å². The van der Waals surface area contributed by atoms with E-state index in [1.54, 1.807) is 18.2 Å². The zero-order valence-electron chi connectivity index (χ0n) is 16.9. The normalized spacial score (nSPS) is 12.6. The zero-order chi connectivity index (χ0) is 20.8. The summed E-state index contributed by atoms with van der Waals surface area (Å²) in [5.74, 6) is 0.494. The van der Waals surface area contributed by atoms with Crippen molar-refractivity contribution in [3.8, 4) is 5.75 Å². The first-order valence-electron chi connectivity index (χ1n) is 10.1. The van der Waals surface area contributed by atoms with Gasteiger partial charge in [-0.15, -0.1) is 0 Å². The lowest BCUT2D eigenvalue weighted by Crippen LogP contribution is -2.31. The van der Waals surface area contributed by atoms with E-state index in [-0.39, 0.29) is 12.5 Å². The van der Waals surface area contributed by atoms with Crippen LogP contribution in [0.4, 0.5) is 0 Å². The number of rotatable bonds is 15. The number of benzene rings is 1. The Bertz CT molecular complexity index is 618. The van der Waals surface area contributed by atoms with Gasteiger partial charge in [0.2, 0.25) is 5.91 Å². The van der Waals surface area contributed by atoms with Gasteiger partial charge in [-0.2, -0.15) is 0 Å². The molecule has 0 heterocycles. The first-order chi connectivity index (χ1) is 13.4. The minimum absolute atomic E-state index is 0.159. The number of carbonyl (C=O) groups excluding carboxylic acids is 1. The van der Waals surface area contributed by atoms with Gasteiger partial charge < -0.3 is 19.8 Å². The summed E-state index contributed by atoms with van der Waals surface area (Å²) in [7, 11) is -4.63. The second-order valence-corrected chi connectivity index (χ2v) is 8.08. The number of phosphoric ester groups is 1. The van der Waals surface area contributed by atoms with E-state index in [4.69, 9.17) is 14.5 Å². The fraction of sp³-hybridized carbons (Fsp3) is 0.650. The van der Waals surface area contributed by atoms with Gasteiger partial charge in [0.05, 0.1) is 19.3 Å². The zero-order valence-corrected chi connectivity index (χ0v) is 17.8. The number of carbonyl (C=O) groups is 1. The van der Waals surface area contributed by atoms with Crippen molar-refractivity contribution in [2.75, 3.05) is 13.2 Å². The highest BCUT2D eigenvalue weighted by Gasteiger charge is 2.21. The molecule has 1 amide bonds. The Morgan fingerprint density at radius 2 is 1.82 bits per heavy atom. The summed E-state index contributed by atoms with van der Waals surface area (Å²) in [6.45, 7) is 4.49. The quantitative estimate of drug-likeness (QED) is 0.288. The van der Waals surface area contributed by atoms with Gasteiger partial charge in [0.25, 0.3) is 0 Å². The topological polar surface area (TPSA) is 105 Å². The molecule has 8 heteroatoms. The number of unbranched alkanes of at least 4 members (excludes halogenated alkanes) is 5. The smallest absolute Gasteiger partial charge is 0.469 e. The Balaban J connectivity index is 2.72. The first-order valence-corrected chi connectivity index (χ1v) is 11.6. The van der Waals surface area contributed by atoms with E-state index in [0.29, 0.717) is 24.3 Å². The minimum Gasteiger partial charge on any atom is -0.494 e. The maximum Gasteiger partial charge on any atom is 0.469 e. The Labute approximate surface area is 168 Å². The lowest BCUT2D eigenvalue weighted by molar-refractivity contribution is -0.122. The molecule has 0 spiro atoms. The lowest BCUT2D eigenvalue weighted by Gasteiger charge is -2.20. The van der Waals surface area contributed by atoms with Crippen molar-refractivity contribution in [3.63, 3.8) is 0 Å². The number of phosphoric acid groups is 1. The molecule has 0 saturated carbocycles. The Kier molecular flexibility index (Phi) is 12.1. The number of hydrogen-bond acceptors (Lipinski definition) is 4. The Morgan fingerprint density at radius 3 is 2.50 bits per heavy atom. The van der Waals surface area contributed by atoms with E-state index >= 15 is 0 Å². The highest BCUT2D eigenvalue weighted by atomic mass is 31.2. The molecule has 3 N–H and O–H groups in total. The van der Waals surface area contributed by atoms with Crippen molar-refractivity contribution >= 4 is 13.7 Å². The van der Waals surface area contributed by atoms with Crippen molar-refractivity contribution in [1.29, 1.82) is 0 Å². The molecule has 0 aromatic heterocycles. The third-order valence-electron chi connectivity index (χ3n) is 4.28. The number of amides is 1. The van der Waals surface area contributed by atoms with Crippen LogP contribution in [0.15, 0.2) is 24.3 Å². The summed E-state index contributed by atoms with van der Waals surface area (Å²) in [6.07, 6.45) is 7.52. The van der Waals surface area contributed by atoms with Crippen molar-refractivity contribution in [2.45, 2.75) is 71.3 Å². The van der Waals surface area contributed by atoms with E-state index in [1.165, 1.54) is 0 Å². The van der Waals surface area contributed by atoms with E-state index in [0.717, 1.165) is 44.9 Å². The molecule has 0 bridgehead atoms. The van der Waals surface area contributed by atoms with Gasteiger partial charge in [-0.25, -0.2) is 4.57 Å². The van der Waals surface area contributed by atoms with Gasteiger partial charge in [-0.3, -0.25) is 9.32 Å². The maximum atomic E-state index is 12.3. The van der Waals surface area contributed by atoms with E-state index in [1.807, 2.05) is 6.07 Å². The Hall–Kier alpha value is -1.40. The van der Waals surface area contributed by atoms with Gasteiger partial charge in [0.1, 0.15) is 5.75 Å². The van der Waals surface area contributed by atoms with Crippen LogP contribution in [0.5, 0.6) is 5.75 Å². The van der Waals surface area contributed by atoms with Gasteiger partial charge >= 0.3 is 7.82 Å². The molecule has 1 atom stereocenters. The predicted molar refractivity (Wildman–Crippen MR) is 109 cm³/mol. The van der Waals surface area contributed by atoms with Crippen LogP contribution in [0.3, 0.4) is 0 Å². The van der Waals surface area contributed by atoms with Crippen LogP contribution >= 0.6 is 7.82 Å². The third kappa shape index (κ3) is 11.4. The fourth-order valence-corrected chi connectivity index (χ4v) is 3.05. The monoisotopic (exact) mass is 415 g/mol. The molecule has 0 saturated heterocycles. The fourth-order valence-electron chi connectivity index (χ4n) is 2.70. The van der Waals surface area contributed by atoms with Crippen LogP contribution in [0.1, 0.15) is 76.8 Å². The highest BCUT2D eigenvalue weighted by molar-refractivity contribution is 7.46. The minimum atomic E-state index is -4.63.